The van der Waals surface area contributed by atoms with Gasteiger partial charge in [0.1, 0.15) is 46.0 Å². The predicted octanol–water partition coefficient (Wildman–Crippen LogP) is 5.32. The molecule has 4 aromatic carbocycles. The van der Waals surface area contributed by atoms with E-state index < -0.39 is 15.8 Å². The fourth-order valence-corrected chi connectivity index (χ4v) is 10.3. The molecule has 0 fully saturated rings. The normalized spacial score (nSPS) is 10.9. The van der Waals surface area contributed by atoms with Crippen molar-refractivity contribution in [3.8, 4) is 46.0 Å². The minimum Gasteiger partial charge on any atom is -0.497 e. The Morgan fingerprint density at radius 3 is 0.591 bits per heavy atom. The van der Waals surface area contributed by atoms with E-state index in [0.29, 0.717) is 0 Å². The molecule has 0 unspecified atom stereocenters. The number of ether oxygens (including phenoxy) is 8. The van der Waals surface area contributed by atoms with Crippen LogP contribution in [0, 0.1) is 0 Å². The van der Waals surface area contributed by atoms with E-state index in [1.807, 2.05) is 24.3 Å². The van der Waals surface area contributed by atoms with Crippen LogP contribution in [0.3, 0.4) is 0 Å². The molecule has 0 aliphatic heterocycles. The second-order valence-corrected chi connectivity index (χ2v) is 14.3. The highest BCUT2D eigenvalue weighted by molar-refractivity contribution is 7.76. The van der Waals surface area contributed by atoms with Crippen molar-refractivity contribution in [3.63, 3.8) is 0 Å². The van der Waals surface area contributed by atoms with E-state index in [9.17, 15) is 0 Å². The second kappa shape index (κ2) is 15.7. The van der Waals surface area contributed by atoms with Crippen molar-refractivity contribution in [2.45, 2.75) is 0 Å². The molecule has 0 aliphatic rings. The predicted molar refractivity (Wildman–Crippen MR) is 180 cm³/mol. The van der Waals surface area contributed by atoms with E-state index in [-0.39, 0.29) is 0 Å². The minimum absolute atomic E-state index is 0.735. The number of methoxy groups -OCH3 is 8. The van der Waals surface area contributed by atoms with E-state index in [0.717, 1.165) is 79.5 Å². The summed E-state index contributed by atoms with van der Waals surface area (Å²) in [5, 5.41) is 4.47. The van der Waals surface area contributed by atoms with Crippen LogP contribution in [0.1, 0.15) is 0 Å². The molecule has 0 bridgehead atoms. The maximum absolute atomic E-state index is 5.67. The Balaban J connectivity index is 1.88. The summed E-state index contributed by atoms with van der Waals surface area (Å²) in [6.45, 7) is 0. The summed E-state index contributed by atoms with van der Waals surface area (Å²) in [5.41, 5.74) is 0. The molecule has 0 amide bonds. The lowest BCUT2D eigenvalue weighted by molar-refractivity contribution is 0.394. The Hall–Kier alpha value is -3.86. The zero-order chi connectivity index (χ0) is 31.6. The summed E-state index contributed by atoms with van der Waals surface area (Å²) in [6, 6.07) is 24.3. The third-order valence-corrected chi connectivity index (χ3v) is 12.4. The first kappa shape index (κ1) is 33.0. The summed E-state index contributed by atoms with van der Waals surface area (Å²) in [4.78, 5) is 0. The molecule has 0 saturated carbocycles. The van der Waals surface area contributed by atoms with Gasteiger partial charge in [0.05, 0.1) is 56.9 Å². The lowest BCUT2D eigenvalue weighted by Gasteiger charge is -2.26. The van der Waals surface area contributed by atoms with Gasteiger partial charge in [0.2, 0.25) is 0 Å². The average Bonchev–Trinajstić information content (AvgIpc) is 3.08. The second-order valence-electron chi connectivity index (χ2n) is 9.59. The van der Waals surface area contributed by atoms with Crippen LogP contribution in [0.15, 0.2) is 72.8 Å². The van der Waals surface area contributed by atoms with Crippen molar-refractivity contribution < 1.29 is 37.9 Å². The lowest BCUT2D eigenvalue weighted by Crippen LogP contribution is -2.21. The molecule has 0 aromatic heterocycles. The molecule has 0 radical (unpaired) electrons. The molecule has 0 heterocycles. The molecule has 10 heteroatoms. The fraction of sp³-hybridized carbons (Fsp3) is 0.294. The zero-order valence-electron chi connectivity index (χ0n) is 26.5. The monoisotopic (exact) mass is 638 g/mol. The molecule has 0 atom stereocenters. The molecule has 234 valence electrons. The Morgan fingerprint density at radius 2 is 0.455 bits per heavy atom. The van der Waals surface area contributed by atoms with Crippen LogP contribution in [-0.2, 0) is 0 Å². The van der Waals surface area contributed by atoms with E-state index in [4.69, 9.17) is 37.9 Å². The Morgan fingerprint density at radius 1 is 0.295 bits per heavy atom. The standard InChI is InChI=1S/C34H40O8P2/c1-35-23-11-24(36-2)16-31(15-23)43(32-17-25(37-3)12-26(18-32)38-4)9-10-44(33-19-27(39-5)13-28(20-33)40-6)34-21-29(41-7)14-30(22-34)42-8/h11-22H,9-10H2,1-8H3. The third kappa shape index (κ3) is 7.99. The molecule has 0 saturated heterocycles. The minimum atomic E-state index is -0.926. The quantitative estimate of drug-likeness (QED) is 0.162. The summed E-state index contributed by atoms with van der Waals surface area (Å²) in [5.74, 6) is 5.88. The third-order valence-electron chi connectivity index (χ3n) is 7.14. The van der Waals surface area contributed by atoms with Crippen LogP contribution in [0.2, 0.25) is 0 Å². The van der Waals surface area contributed by atoms with Gasteiger partial charge >= 0.3 is 0 Å². The molecule has 4 rings (SSSR count). The number of hydrogen-bond donors (Lipinski definition) is 0. The molecular weight excluding hydrogens is 598 g/mol. The molecule has 0 N–H and O–H groups in total. The van der Waals surface area contributed by atoms with Gasteiger partial charge in [-0.3, -0.25) is 0 Å². The van der Waals surface area contributed by atoms with E-state index in [2.05, 4.69) is 48.5 Å². The highest BCUT2D eigenvalue weighted by atomic mass is 31.1. The molecule has 4 aromatic rings. The number of benzene rings is 4. The van der Waals surface area contributed by atoms with Gasteiger partial charge in [0.25, 0.3) is 0 Å². The maximum Gasteiger partial charge on any atom is 0.123 e. The topological polar surface area (TPSA) is 73.8 Å². The summed E-state index contributed by atoms with van der Waals surface area (Å²) < 4.78 is 45.4. The number of rotatable bonds is 15. The lowest BCUT2D eigenvalue weighted by atomic mass is 10.3. The molecular formula is C34H40O8P2. The van der Waals surface area contributed by atoms with Crippen molar-refractivity contribution in [2.75, 3.05) is 69.2 Å². The van der Waals surface area contributed by atoms with E-state index in [1.54, 1.807) is 56.9 Å². The Labute approximate surface area is 262 Å². The van der Waals surface area contributed by atoms with Crippen molar-refractivity contribution >= 4 is 37.1 Å². The molecule has 0 spiro atoms. The van der Waals surface area contributed by atoms with Gasteiger partial charge in [-0.05, 0) is 97.9 Å². The Kier molecular flexibility index (Phi) is 11.8. The van der Waals surface area contributed by atoms with Gasteiger partial charge in [-0.2, -0.15) is 0 Å². The highest BCUT2D eigenvalue weighted by Crippen LogP contribution is 2.45. The van der Waals surface area contributed by atoms with Crippen LogP contribution < -0.4 is 59.1 Å². The molecule has 44 heavy (non-hydrogen) atoms. The van der Waals surface area contributed by atoms with E-state index >= 15 is 0 Å². The van der Waals surface area contributed by atoms with Crippen molar-refractivity contribution in [2.24, 2.45) is 0 Å². The van der Waals surface area contributed by atoms with Crippen LogP contribution in [0.5, 0.6) is 46.0 Å². The molecule has 8 nitrogen and oxygen atoms in total. The zero-order valence-corrected chi connectivity index (χ0v) is 28.3. The molecule has 0 aliphatic carbocycles. The SMILES string of the molecule is COc1cc(OC)cc(P(CCP(c2cc(OC)cc(OC)c2)c2cc(OC)cc(OC)c2)c2cc(OC)cc(OC)c2)c1. The van der Waals surface area contributed by atoms with Crippen molar-refractivity contribution in [3.05, 3.63) is 72.8 Å². The van der Waals surface area contributed by atoms with E-state index in [1.165, 1.54) is 0 Å². The van der Waals surface area contributed by atoms with Crippen molar-refractivity contribution in [1.82, 2.24) is 0 Å². The van der Waals surface area contributed by atoms with Crippen molar-refractivity contribution in [1.29, 1.82) is 0 Å². The van der Waals surface area contributed by atoms with Crippen LogP contribution in [0.4, 0.5) is 0 Å². The summed E-state index contributed by atoms with van der Waals surface area (Å²) in [6.07, 6.45) is 1.68. The first-order chi connectivity index (χ1) is 21.4. The first-order valence-corrected chi connectivity index (χ1v) is 16.9. The first-order valence-electron chi connectivity index (χ1n) is 13.9. The summed E-state index contributed by atoms with van der Waals surface area (Å²) >= 11 is 0. The van der Waals surface area contributed by atoms with Gasteiger partial charge in [-0.1, -0.05) is 0 Å². The van der Waals surface area contributed by atoms with Gasteiger partial charge in [0, 0.05) is 24.3 Å². The van der Waals surface area contributed by atoms with Crippen LogP contribution in [0.25, 0.3) is 0 Å². The average molecular weight is 639 g/mol. The van der Waals surface area contributed by atoms with Gasteiger partial charge < -0.3 is 37.9 Å². The van der Waals surface area contributed by atoms with Gasteiger partial charge in [-0.15, -0.1) is 0 Å². The Bertz CT molecular complexity index is 1230. The van der Waals surface area contributed by atoms with Crippen LogP contribution in [-0.4, -0.2) is 69.2 Å². The number of hydrogen-bond acceptors (Lipinski definition) is 8. The van der Waals surface area contributed by atoms with Gasteiger partial charge in [-0.25, -0.2) is 0 Å². The van der Waals surface area contributed by atoms with Gasteiger partial charge in [0.15, 0.2) is 0 Å². The fourth-order valence-electron chi connectivity index (χ4n) is 4.81. The smallest absolute Gasteiger partial charge is 0.123 e. The largest absolute Gasteiger partial charge is 0.497 e. The summed E-state index contributed by atoms with van der Waals surface area (Å²) in [7, 11) is 11.5. The highest BCUT2D eigenvalue weighted by Gasteiger charge is 2.24. The maximum atomic E-state index is 5.67. The van der Waals surface area contributed by atoms with Crippen LogP contribution >= 0.6 is 15.8 Å².